The van der Waals surface area contributed by atoms with Gasteiger partial charge >= 0.3 is 11.9 Å². The highest BCUT2D eigenvalue weighted by Gasteiger charge is 2.27. The van der Waals surface area contributed by atoms with Crippen LogP contribution in [0.25, 0.3) is 32.9 Å². The molecule has 3 heterocycles. The summed E-state index contributed by atoms with van der Waals surface area (Å²) in [6, 6.07) is 13.0. The molecule has 0 bridgehead atoms. The average molecular weight is 531 g/mol. The van der Waals surface area contributed by atoms with Gasteiger partial charge in [-0.2, -0.15) is 0 Å². The molecule has 5 rings (SSSR count). The van der Waals surface area contributed by atoms with Crippen molar-refractivity contribution in [2.24, 2.45) is 0 Å². The number of pyridine rings is 2. The minimum absolute atomic E-state index is 0.0238. The van der Waals surface area contributed by atoms with Crippen LogP contribution in [-0.2, 0) is 20.8 Å². The van der Waals surface area contributed by atoms with Crippen LogP contribution in [0.1, 0.15) is 29.4 Å². The molecule has 198 valence electrons. The van der Waals surface area contributed by atoms with Gasteiger partial charge in [0.1, 0.15) is 17.3 Å². The van der Waals surface area contributed by atoms with Crippen molar-refractivity contribution < 1.29 is 28.6 Å². The van der Waals surface area contributed by atoms with Gasteiger partial charge in [-0.05, 0) is 53.9 Å². The summed E-state index contributed by atoms with van der Waals surface area (Å²) in [4.78, 5) is 56.1. The van der Waals surface area contributed by atoms with E-state index >= 15 is 0 Å². The van der Waals surface area contributed by atoms with Crippen molar-refractivity contribution in [3.05, 3.63) is 98.6 Å². The molecule has 0 radical (unpaired) electrons. The molecule has 0 saturated heterocycles. The van der Waals surface area contributed by atoms with E-state index in [4.69, 9.17) is 9.47 Å². The molecule has 10 nitrogen and oxygen atoms in total. The monoisotopic (exact) mass is 531 g/mol. The first kappa shape index (κ1) is 25.5. The Labute approximate surface area is 219 Å². The lowest BCUT2D eigenvalue weighted by Crippen LogP contribution is -2.21. The van der Waals surface area contributed by atoms with E-state index in [0.29, 0.717) is 16.3 Å². The number of phenolic OH excluding ortho intramolecular Hbond substituents is 1. The molecule has 2 aromatic carbocycles. The van der Waals surface area contributed by atoms with Gasteiger partial charge < -0.3 is 29.1 Å². The minimum Gasteiger partial charge on any atom is -0.508 e. The summed E-state index contributed by atoms with van der Waals surface area (Å²) in [5.74, 6) is -2.16. The predicted octanol–water partition coefficient (Wildman–Crippen LogP) is 3.80. The molecule has 0 aliphatic carbocycles. The highest BCUT2D eigenvalue weighted by Crippen LogP contribution is 2.35. The lowest BCUT2D eigenvalue weighted by molar-refractivity contribution is -0.151. The second kappa shape index (κ2) is 10.3. The number of rotatable bonds is 7. The first-order valence-electron chi connectivity index (χ1n) is 11.9. The number of esters is 2. The standard InChI is InChI=1S/C28H22FN3O7/c1-2-23(34)38-14-39-28(37)25-24(20-4-3-9-30-27(20)36)19-8-6-17(29)11-22(19)32(25)13-16-10-15-5-7-18(33)12-21(15)31-26(16)35/h3-12,33H,2,13-14H2,1H3,(H,30,36)(H,31,35). The van der Waals surface area contributed by atoms with Gasteiger partial charge in [-0.1, -0.05) is 6.92 Å². The van der Waals surface area contributed by atoms with E-state index in [2.05, 4.69) is 9.97 Å². The van der Waals surface area contributed by atoms with Crippen LogP contribution in [0.15, 0.2) is 70.4 Å². The van der Waals surface area contributed by atoms with Crippen molar-refractivity contribution in [1.82, 2.24) is 14.5 Å². The molecule has 3 N–H and O–H groups in total. The smallest absolute Gasteiger partial charge is 0.358 e. The number of carbonyl (C=O) groups is 2. The van der Waals surface area contributed by atoms with Gasteiger partial charge in [0, 0.05) is 40.8 Å². The van der Waals surface area contributed by atoms with Crippen molar-refractivity contribution in [2.75, 3.05) is 6.79 Å². The molecule has 3 aromatic heterocycles. The number of benzene rings is 2. The number of aromatic hydroxyl groups is 1. The van der Waals surface area contributed by atoms with Gasteiger partial charge in [-0.15, -0.1) is 0 Å². The van der Waals surface area contributed by atoms with Gasteiger partial charge in [-0.3, -0.25) is 14.4 Å². The Kier molecular flexibility index (Phi) is 6.72. The van der Waals surface area contributed by atoms with Crippen LogP contribution in [-0.4, -0.2) is 38.4 Å². The quantitative estimate of drug-likeness (QED) is 0.214. The fraction of sp³-hybridized carbons (Fsp3) is 0.143. The number of fused-ring (bicyclic) bond motifs is 2. The van der Waals surface area contributed by atoms with Gasteiger partial charge in [0.15, 0.2) is 0 Å². The molecule has 0 unspecified atom stereocenters. The van der Waals surface area contributed by atoms with Gasteiger partial charge in [0.05, 0.1) is 17.6 Å². The van der Waals surface area contributed by atoms with Crippen LogP contribution in [0, 0.1) is 5.82 Å². The maximum Gasteiger partial charge on any atom is 0.358 e. The van der Waals surface area contributed by atoms with E-state index in [0.717, 1.165) is 0 Å². The van der Waals surface area contributed by atoms with Gasteiger partial charge in [-0.25, -0.2) is 9.18 Å². The first-order valence-corrected chi connectivity index (χ1v) is 11.9. The van der Waals surface area contributed by atoms with Crippen LogP contribution in [0.5, 0.6) is 5.75 Å². The van der Waals surface area contributed by atoms with Crippen LogP contribution in [0.4, 0.5) is 4.39 Å². The molecular formula is C28H22FN3O7. The van der Waals surface area contributed by atoms with Crippen molar-refractivity contribution >= 4 is 33.7 Å². The van der Waals surface area contributed by atoms with Crippen molar-refractivity contribution in [2.45, 2.75) is 19.9 Å². The van der Waals surface area contributed by atoms with Crippen LogP contribution in [0.3, 0.4) is 0 Å². The maximum atomic E-state index is 14.5. The summed E-state index contributed by atoms with van der Waals surface area (Å²) >= 11 is 0. The predicted molar refractivity (Wildman–Crippen MR) is 140 cm³/mol. The summed E-state index contributed by atoms with van der Waals surface area (Å²) in [6.45, 7) is 0.709. The third-order valence-corrected chi connectivity index (χ3v) is 6.24. The largest absolute Gasteiger partial charge is 0.508 e. The van der Waals surface area contributed by atoms with E-state index < -0.39 is 35.7 Å². The minimum atomic E-state index is -0.948. The van der Waals surface area contributed by atoms with E-state index in [1.165, 1.54) is 47.2 Å². The number of nitrogens with zero attached hydrogens (tertiary/aromatic N) is 1. The molecule has 0 saturated carbocycles. The first-order chi connectivity index (χ1) is 18.8. The second-order valence-electron chi connectivity index (χ2n) is 8.70. The summed E-state index contributed by atoms with van der Waals surface area (Å²) in [5, 5.41) is 10.7. The third-order valence-electron chi connectivity index (χ3n) is 6.24. The van der Waals surface area contributed by atoms with E-state index in [-0.39, 0.29) is 46.6 Å². The Hall–Kier alpha value is -5.19. The Morgan fingerprint density at radius 1 is 1.03 bits per heavy atom. The number of hydrogen-bond acceptors (Lipinski definition) is 7. The lowest BCUT2D eigenvalue weighted by atomic mass is 10.0. The Morgan fingerprint density at radius 2 is 1.85 bits per heavy atom. The Balaban J connectivity index is 1.73. The molecule has 0 amide bonds. The zero-order valence-corrected chi connectivity index (χ0v) is 20.6. The van der Waals surface area contributed by atoms with E-state index in [1.54, 1.807) is 25.1 Å². The zero-order valence-electron chi connectivity index (χ0n) is 20.6. The highest BCUT2D eigenvalue weighted by molar-refractivity contribution is 6.08. The number of phenols is 1. The second-order valence-corrected chi connectivity index (χ2v) is 8.70. The number of carbonyl (C=O) groups excluding carboxylic acids is 2. The van der Waals surface area contributed by atoms with E-state index in [9.17, 15) is 28.7 Å². The summed E-state index contributed by atoms with van der Waals surface area (Å²) in [7, 11) is 0. The Bertz CT molecular complexity index is 1870. The van der Waals surface area contributed by atoms with E-state index in [1.807, 2.05) is 0 Å². The lowest BCUT2D eigenvalue weighted by Gasteiger charge is -2.13. The summed E-state index contributed by atoms with van der Waals surface area (Å²) in [6.07, 6.45) is 1.50. The summed E-state index contributed by atoms with van der Waals surface area (Å²) < 4.78 is 26.0. The topological polar surface area (TPSA) is 143 Å². The highest BCUT2D eigenvalue weighted by atomic mass is 19.1. The maximum absolute atomic E-state index is 14.5. The molecular weight excluding hydrogens is 509 g/mol. The van der Waals surface area contributed by atoms with Gasteiger partial charge in [0.25, 0.3) is 11.1 Å². The molecule has 0 fully saturated rings. The number of aromatic nitrogens is 3. The van der Waals surface area contributed by atoms with Crippen LogP contribution < -0.4 is 11.1 Å². The molecule has 0 aliphatic heterocycles. The molecule has 11 heteroatoms. The number of H-pyrrole nitrogens is 2. The number of aromatic amines is 2. The van der Waals surface area contributed by atoms with Gasteiger partial charge in [0.2, 0.25) is 6.79 Å². The number of hydrogen-bond donors (Lipinski definition) is 3. The fourth-order valence-electron chi connectivity index (χ4n) is 4.43. The zero-order chi connectivity index (χ0) is 27.7. The SMILES string of the molecule is CCC(=O)OCOC(=O)c1c(-c2ccc[nH]c2=O)c2ccc(F)cc2n1Cc1cc2ccc(O)cc2[nH]c1=O. The fourth-order valence-corrected chi connectivity index (χ4v) is 4.43. The van der Waals surface area contributed by atoms with Crippen molar-refractivity contribution in [3.8, 4) is 16.9 Å². The average Bonchev–Trinajstić information content (AvgIpc) is 3.22. The molecule has 39 heavy (non-hydrogen) atoms. The molecule has 0 spiro atoms. The number of nitrogens with one attached hydrogen (secondary N) is 2. The Morgan fingerprint density at radius 3 is 2.62 bits per heavy atom. The molecule has 0 atom stereocenters. The van der Waals surface area contributed by atoms with Crippen molar-refractivity contribution in [1.29, 1.82) is 0 Å². The number of halogens is 1. The van der Waals surface area contributed by atoms with Crippen LogP contribution in [0.2, 0.25) is 0 Å². The van der Waals surface area contributed by atoms with Crippen molar-refractivity contribution in [3.63, 3.8) is 0 Å². The third kappa shape index (κ3) is 4.89. The summed E-state index contributed by atoms with van der Waals surface area (Å²) in [5.41, 5.74) is 0.00259. The molecule has 5 aromatic rings. The normalized spacial score (nSPS) is 11.1. The molecule has 0 aliphatic rings. The van der Waals surface area contributed by atoms with Crippen LogP contribution >= 0.6 is 0 Å². The number of ether oxygens (including phenoxy) is 2.